The molecule has 0 atom stereocenters. The highest BCUT2D eigenvalue weighted by Crippen LogP contribution is 2.12. The predicted molar refractivity (Wildman–Crippen MR) is 49.2 cm³/mol. The second-order valence-corrected chi connectivity index (χ2v) is 2.86. The molecule has 0 radical (unpaired) electrons. The Morgan fingerprint density at radius 3 is 2.86 bits per heavy atom. The number of pyridine rings is 1. The topological polar surface area (TPSA) is 56.6 Å². The molecule has 0 unspecified atom stereocenters. The average Bonchev–Trinajstić information content (AvgIpc) is 2.17. The summed E-state index contributed by atoms with van der Waals surface area (Å²) < 4.78 is 12.8. The minimum Gasteiger partial charge on any atom is -0.321 e. The Kier molecular flexibility index (Phi) is 1.79. The lowest BCUT2D eigenvalue weighted by atomic mass is 10.1. The Balaban J connectivity index is 2.89. The Morgan fingerprint density at radius 2 is 2.14 bits per heavy atom. The van der Waals surface area contributed by atoms with E-state index in [4.69, 9.17) is 5.26 Å². The fraction of sp³-hybridized carbons (Fsp3) is 0. The van der Waals surface area contributed by atoms with Gasteiger partial charge in [-0.15, -0.1) is 0 Å². The molecule has 0 aliphatic heterocycles. The third-order valence-corrected chi connectivity index (χ3v) is 1.93. The van der Waals surface area contributed by atoms with Gasteiger partial charge in [0.1, 0.15) is 17.4 Å². The van der Waals surface area contributed by atoms with Crippen LogP contribution in [0.4, 0.5) is 4.39 Å². The van der Waals surface area contributed by atoms with Gasteiger partial charge in [0, 0.05) is 10.9 Å². The standard InChI is InChI=1S/C10H5FN2O/c11-8-1-2-9-6(4-8)3-7(5-12)10(14)13-9/h1-4H,(H,13,14). The summed E-state index contributed by atoms with van der Waals surface area (Å²) in [6.45, 7) is 0. The van der Waals surface area contributed by atoms with Gasteiger partial charge in [0.05, 0.1) is 0 Å². The summed E-state index contributed by atoms with van der Waals surface area (Å²) in [6.07, 6.45) is 0. The number of aromatic amines is 1. The van der Waals surface area contributed by atoms with Crippen molar-refractivity contribution in [2.75, 3.05) is 0 Å². The first kappa shape index (κ1) is 8.45. The third-order valence-electron chi connectivity index (χ3n) is 1.93. The molecule has 0 amide bonds. The van der Waals surface area contributed by atoms with Crippen molar-refractivity contribution in [3.8, 4) is 6.07 Å². The van der Waals surface area contributed by atoms with Crippen LogP contribution in [0.15, 0.2) is 29.1 Å². The quantitative estimate of drug-likeness (QED) is 0.681. The largest absolute Gasteiger partial charge is 0.321 e. The summed E-state index contributed by atoms with van der Waals surface area (Å²) in [4.78, 5) is 13.7. The number of hydrogen-bond acceptors (Lipinski definition) is 2. The average molecular weight is 188 g/mol. The van der Waals surface area contributed by atoms with Gasteiger partial charge in [-0.05, 0) is 24.3 Å². The number of fused-ring (bicyclic) bond motifs is 1. The molecule has 0 aliphatic rings. The van der Waals surface area contributed by atoms with Crippen molar-refractivity contribution < 1.29 is 4.39 Å². The minimum atomic E-state index is -0.452. The molecule has 0 saturated carbocycles. The maximum Gasteiger partial charge on any atom is 0.266 e. The highest BCUT2D eigenvalue weighted by Gasteiger charge is 2.02. The number of benzene rings is 1. The number of nitriles is 1. The molecule has 1 aromatic carbocycles. The van der Waals surface area contributed by atoms with Crippen molar-refractivity contribution in [3.63, 3.8) is 0 Å². The number of halogens is 1. The van der Waals surface area contributed by atoms with Crippen molar-refractivity contribution in [2.45, 2.75) is 0 Å². The molecular weight excluding hydrogens is 183 g/mol. The van der Waals surface area contributed by atoms with E-state index in [0.29, 0.717) is 10.9 Å². The highest BCUT2D eigenvalue weighted by molar-refractivity contribution is 5.79. The lowest BCUT2D eigenvalue weighted by Crippen LogP contribution is -2.09. The van der Waals surface area contributed by atoms with Gasteiger partial charge in [0.25, 0.3) is 5.56 Å². The van der Waals surface area contributed by atoms with Crippen LogP contribution < -0.4 is 5.56 Å². The van der Waals surface area contributed by atoms with Gasteiger partial charge >= 0.3 is 0 Å². The molecule has 1 heterocycles. The second-order valence-electron chi connectivity index (χ2n) is 2.86. The third kappa shape index (κ3) is 1.25. The number of aromatic nitrogens is 1. The van der Waals surface area contributed by atoms with Crippen LogP contribution in [-0.2, 0) is 0 Å². The van der Waals surface area contributed by atoms with Gasteiger partial charge in [0.15, 0.2) is 0 Å². The van der Waals surface area contributed by atoms with Crippen molar-refractivity contribution in [3.05, 3.63) is 46.0 Å². The van der Waals surface area contributed by atoms with Gasteiger partial charge in [-0.2, -0.15) is 5.26 Å². The molecular formula is C10H5FN2O. The fourth-order valence-corrected chi connectivity index (χ4v) is 1.26. The first-order valence-corrected chi connectivity index (χ1v) is 3.93. The molecule has 2 aromatic rings. The number of hydrogen-bond donors (Lipinski definition) is 1. The molecule has 0 bridgehead atoms. The Bertz CT molecular complexity index is 595. The van der Waals surface area contributed by atoms with E-state index in [1.807, 2.05) is 0 Å². The molecule has 0 spiro atoms. The molecule has 0 fully saturated rings. The van der Waals surface area contributed by atoms with Crippen molar-refractivity contribution in [1.29, 1.82) is 5.26 Å². The van der Waals surface area contributed by atoms with Gasteiger partial charge in [-0.1, -0.05) is 0 Å². The van der Waals surface area contributed by atoms with E-state index in [-0.39, 0.29) is 5.56 Å². The van der Waals surface area contributed by atoms with Gasteiger partial charge in [-0.25, -0.2) is 4.39 Å². The zero-order valence-corrected chi connectivity index (χ0v) is 7.04. The monoisotopic (exact) mass is 188 g/mol. The summed E-state index contributed by atoms with van der Waals surface area (Å²) in [6, 6.07) is 7.10. The molecule has 2 rings (SSSR count). The fourth-order valence-electron chi connectivity index (χ4n) is 1.26. The molecule has 0 saturated heterocycles. The van der Waals surface area contributed by atoms with Crippen LogP contribution in [0.3, 0.4) is 0 Å². The zero-order chi connectivity index (χ0) is 10.1. The van der Waals surface area contributed by atoms with Gasteiger partial charge in [-0.3, -0.25) is 4.79 Å². The van der Waals surface area contributed by atoms with Crippen LogP contribution in [-0.4, -0.2) is 4.98 Å². The van der Waals surface area contributed by atoms with E-state index < -0.39 is 11.4 Å². The van der Waals surface area contributed by atoms with E-state index in [1.165, 1.54) is 24.3 Å². The second kappa shape index (κ2) is 2.96. The molecule has 3 nitrogen and oxygen atoms in total. The molecule has 1 aromatic heterocycles. The van der Waals surface area contributed by atoms with E-state index >= 15 is 0 Å². The number of H-pyrrole nitrogens is 1. The van der Waals surface area contributed by atoms with Crippen molar-refractivity contribution in [1.82, 2.24) is 4.98 Å². The van der Waals surface area contributed by atoms with Gasteiger partial charge < -0.3 is 4.98 Å². The van der Waals surface area contributed by atoms with Gasteiger partial charge in [0.2, 0.25) is 0 Å². The van der Waals surface area contributed by atoms with Crippen molar-refractivity contribution in [2.24, 2.45) is 0 Å². The zero-order valence-electron chi connectivity index (χ0n) is 7.04. The lowest BCUT2D eigenvalue weighted by Gasteiger charge is -1.97. The van der Waals surface area contributed by atoms with E-state index in [1.54, 1.807) is 6.07 Å². The van der Waals surface area contributed by atoms with Crippen LogP contribution in [0.5, 0.6) is 0 Å². The smallest absolute Gasteiger partial charge is 0.266 e. The summed E-state index contributed by atoms with van der Waals surface area (Å²) >= 11 is 0. The maximum absolute atomic E-state index is 12.8. The van der Waals surface area contributed by atoms with E-state index in [9.17, 15) is 9.18 Å². The van der Waals surface area contributed by atoms with Crippen LogP contribution in [0.1, 0.15) is 5.56 Å². The number of rotatable bonds is 0. The lowest BCUT2D eigenvalue weighted by molar-refractivity contribution is 0.629. The normalized spacial score (nSPS) is 10.0. The van der Waals surface area contributed by atoms with Crippen LogP contribution in [0.2, 0.25) is 0 Å². The first-order chi connectivity index (χ1) is 6.70. The van der Waals surface area contributed by atoms with Crippen LogP contribution in [0, 0.1) is 17.1 Å². The maximum atomic E-state index is 12.8. The Hall–Kier alpha value is -2.15. The molecule has 1 N–H and O–H groups in total. The molecule has 0 aliphatic carbocycles. The van der Waals surface area contributed by atoms with E-state index in [0.717, 1.165) is 0 Å². The summed E-state index contributed by atoms with van der Waals surface area (Å²) in [5.74, 6) is -0.395. The van der Waals surface area contributed by atoms with Crippen LogP contribution >= 0.6 is 0 Å². The SMILES string of the molecule is N#Cc1cc2cc(F)ccc2[nH]c1=O. The highest BCUT2D eigenvalue weighted by atomic mass is 19.1. The Labute approximate surface area is 78.4 Å². The number of nitrogens with one attached hydrogen (secondary N) is 1. The van der Waals surface area contributed by atoms with Crippen molar-refractivity contribution >= 4 is 10.9 Å². The predicted octanol–water partition coefficient (Wildman–Crippen LogP) is 1.54. The molecule has 14 heavy (non-hydrogen) atoms. The summed E-state index contributed by atoms with van der Waals surface area (Å²) in [5, 5.41) is 9.10. The first-order valence-electron chi connectivity index (χ1n) is 3.93. The van der Waals surface area contributed by atoms with E-state index in [2.05, 4.69) is 4.98 Å². The Morgan fingerprint density at radius 1 is 1.36 bits per heavy atom. The molecule has 68 valence electrons. The molecule has 4 heteroatoms. The van der Waals surface area contributed by atoms with Crippen LogP contribution in [0.25, 0.3) is 10.9 Å². The minimum absolute atomic E-state index is 0.0110. The summed E-state index contributed by atoms with van der Waals surface area (Å²) in [5.41, 5.74) is 0.0603. The summed E-state index contributed by atoms with van der Waals surface area (Å²) in [7, 11) is 0. The number of nitrogens with zero attached hydrogens (tertiary/aromatic N) is 1.